The number of anilines is 1. The number of nitrogens with zero attached hydrogens (tertiary/aromatic N) is 5. The number of hydrogen-bond acceptors (Lipinski definition) is 6. The lowest BCUT2D eigenvalue weighted by molar-refractivity contribution is -0.140. The van der Waals surface area contributed by atoms with Crippen molar-refractivity contribution in [1.82, 2.24) is 24.5 Å². The zero-order valence-corrected chi connectivity index (χ0v) is 18.6. The molecule has 3 N–H and O–H groups in total. The Hall–Kier alpha value is -3.45. The number of thiophene rings is 1. The zero-order valence-electron chi connectivity index (χ0n) is 17.1. The van der Waals surface area contributed by atoms with Gasteiger partial charge in [-0.15, -0.1) is 11.3 Å². The molecule has 172 valence electrons. The minimum absolute atomic E-state index is 0.0229. The first-order chi connectivity index (χ1) is 15.5. The fraction of sp³-hybridized carbons (Fsp3) is 0.211. The summed E-state index contributed by atoms with van der Waals surface area (Å²) >= 11 is 6.47. The van der Waals surface area contributed by atoms with Gasteiger partial charge in [0.15, 0.2) is 0 Å². The molecule has 4 aromatic heterocycles. The molecule has 4 rings (SSSR count). The van der Waals surface area contributed by atoms with Crippen molar-refractivity contribution in [3.63, 3.8) is 0 Å². The third kappa shape index (κ3) is 4.28. The molecule has 0 radical (unpaired) electrons. The van der Waals surface area contributed by atoms with Crippen molar-refractivity contribution in [2.45, 2.75) is 19.6 Å². The maximum Gasteiger partial charge on any atom is 0.433 e. The van der Waals surface area contributed by atoms with Crippen LogP contribution in [-0.4, -0.2) is 36.4 Å². The third-order valence-electron chi connectivity index (χ3n) is 4.87. The van der Waals surface area contributed by atoms with Crippen LogP contribution in [0.2, 0.25) is 5.02 Å². The number of nitrogens with one attached hydrogen (secondary N) is 1. The Kier molecular flexibility index (Phi) is 5.62. The second-order valence-corrected chi connectivity index (χ2v) is 8.51. The molecule has 0 atom stereocenters. The molecule has 2 amide bonds. The molecule has 0 unspecified atom stereocenters. The van der Waals surface area contributed by atoms with Gasteiger partial charge in [0.05, 0.1) is 23.1 Å². The Labute approximate surface area is 193 Å². The molecule has 9 nitrogen and oxygen atoms in total. The van der Waals surface area contributed by atoms with Crippen LogP contribution in [0.5, 0.6) is 0 Å². The van der Waals surface area contributed by atoms with E-state index in [1.807, 2.05) is 0 Å². The molecule has 4 aromatic rings. The topological polar surface area (TPSA) is 121 Å². The quantitative estimate of drug-likeness (QED) is 0.436. The van der Waals surface area contributed by atoms with Crippen LogP contribution >= 0.6 is 22.9 Å². The maximum absolute atomic E-state index is 13.6. The number of aromatic nitrogens is 5. The van der Waals surface area contributed by atoms with Crippen LogP contribution in [0.4, 0.5) is 18.9 Å². The molecule has 0 fully saturated rings. The van der Waals surface area contributed by atoms with Crippen LogP contribution in [0.1, 0.15) is 21.1 Å². The minimum Gasteiger partial charge on any atom is -0.365 e. The summed E-state index contributed by atoms with van der Waals surface area (Å²) in [6, 6.07) is 0.868. The number of carbonyl (C=O) groups excluding carboxylic acids is 2. The monoisotopic (exact) mass is 497 g/mol. The van der Waals surface area contributed by atoms with Gasteiger partial charge in [-0.3, -0.25) is 19.0 Å². The molecule has 14 heteroatoms. The third-order valence-corrected chi connectivity index (χ3v) is 6.17. The van der Waals surface area contributed by atoms with Crippen molar-refractivity contribution in [2.24, 2.45) is 12.8 Å². The standard InChI is InChI=1S/C19H15ClF3N7O2S/c1-8-11(5-25-29(8)2)10-3-12(19(21,22)23)27-18-14(10)15(16(33-18)17(24)32)28-13(31)7-30-6-9(20)4-26-30/h3-6H,7H2,1-2H3,(H2,24,32)(H,28,31). The summed E-state index contributed by atoms with van der Waals surface area (Å²) in [5.41, 5.74) is 5.38. The van der Waals surface area contributed by atoms with E-state index in [4.69, 9.17) is 17.3 Å². The lowest BCUT2D eigenvalue weighted by Gasteiger charge is -2.12. The van der Waals surface area contributed by atoms with Crippen molar-refractivity contribution in [3.05, 3.63) is 45.9 Å². The summed E-state index contributed by atoms with van der Waals surface area (Å²) < 4.78 is 43.5. The fourth-order valence-corrected chi connectivity index (χ4v) is 4.43. The van der Waals surface area contributed by atoms with E-state index in [0.29, 0.717) is 27.6 Å². The van der Waals surface area contributed by atoms with Gasteiger partial charge >= 0.3 is 6.18 Å². The van der Waals surface area contributed by atoms with Crippen LogP contribution < -0.4 is 11.1 Å². The van der Waals surface area contributed by atoms with Crippen molar-refractivity contribution in [2.75, 3.05) is 5.32 Å². The highest BCUT2D eigenvalue weighted by atomic mass is 35.5. The molecule has 0 bridgehead atoms. The average Bonchev–Trinajstić information content (AvgIpc) is 3.39. The van der Waals surface area contributed by atoms with Gasteiger partial charge in [0, 0.05) is 29.9 Å². The number of alkyl halides is 3. The van der Waals surface area contributed by atoms with Gasteiger partial charge in [0.25, 0.3) is 5.91 Å². The number of pyridine rings is 1. The summed E-state index contributed by atoms with van der Waals surface area (Å²) in [5, 5.41) is 11.1. The van der Waals surface area contributed by atoms with E-state index >= 15 is 0 Å². The second-order valence-electron chi connectivity index (χ2n) is 7.07. The van der Waals surface area contributed by atoms with Gasteiger partial charge in [-0.05, 0) is 18.6 Å². The van der Waals surface area contributed by atoms with Gasteiger partial charge < -0.3 is 11.1 Å². The molecule has 0 saturated carbocycles. The van der Waals surface area contributed by atoms with Crippen LogP contribution in [-0.2, 0) is 24.6 Å². The molecule has 0 aliphatic heterocycles. The van der Waals surface area contributed by atoms with Crippen LogP contribution in [0.25, 0.3) is 21.3 Å². The van der Waals surface area contributed by atoms with E-state index in [-0.39, 0.29) is 32.9 Å². The van der Waals surface area contributed by atoms with Crippen molar-refractivity contribution in [1.29, 1.82) is 0 Å². The number of halogens is 4. The fourth-order valence-electron chi connectivity index (χ4n) is 3.26. The molecule has 4 heterocycles. The first-order valence-corrected chi connectivity index (χ1v) is 10.5. The average molecular weight is 498 g/mol. The van der Waals surface area contributed by atoms with Crippen LogP contribution in [0, 0.1) is 6.92 Å². The van der Waals surface area contributed by atoms with Crippen molar-refractivity contribution >= 4 is 50.7 Å². The SMILES string of the molecule is Cc1c(-c2cc(C(F)(F)F)nc3sc(C(N)=O)c(NC(=O)Cn4cc(Cl)cn4)c23)cnn1C. The normalized spacial score (nSPS) is 11.8. The number of primary amides is 1. The van der Waals surface area contributed by atoms with E-state index in [2.05, 4.69) is 20.5 Å². The minimum atomic E-state index is -4.74. The second kappa shape index (κ2) is 8.15. The molecule has 33 heavy (non-hydrogen) atoms. The lowest BCUT2D eigenvalue weighted by atomic mass is 10.0. The Morgan fingerprint density at radius 3 is 2.52 bits per heavy atom. The number of aryl methyl sites for hydroxylation is 1. The van der Waals surface area contributed by atoms with Crippen LogP contribution in [0.3, 0.4) is 0 Å². The summed E-state index contributed by atoms with van der Waals surface area (Å²) in [6.07, 6.45) is -0.569. The van der Waals surface area contributed by atoms with Gasteiger partial charge in [-0.25, -0.2) is 4.98 Å². The number of rotatable bonds is 5. The summed E-state index contributed by atoms with van der Waals surface area (Å²) in [5.74, 6) is -1.51. The first kappa shape index (κ1) is 22.7. The highest BCUT2D eigenvalue weighted by molar-refractivity contribution is 7.21. The Morgan fingerprint density at radius 2 is 1.97 bits per heavy atom. The molecule has 0 aliphatic carbocycles. The van der Waals surface area contributed by atoms with Crippen molar-refractivity contribution < 1.29 is 22.8 Å². The summed E-state index contributed by atoms with van der Waals surface area (Å²) in [7, 11) is 1.64. The van der Waals surface area contributed by atoms with E-state index in [0.717, 1.165) is 6.07 Å². The Balaban J connectivity index is 1.93. The number of amides is 2. The summed E-state index contributed by atoms with van der Waals surface area (Å²) in [4.78, 5) is 28.3. The molecule has 0 spiro atoms. The number of hydrogen-bond donors (Lipinski definition) is 2. The number of fused-ring (bicyclic) bond motifs is 1. The van der Waals surface area contributed by atoms with Gasteiger partial charge in [0.1, 0.15) is 21.9 Å². The maximum atomic E-state index is 13.6. The number of nitrogens with two attached hydrogens (primary N) is 1. The van der Waals surface area contributed by atoms with Gasteiger partial charge in [-0.1, -0.05) is 11.6 Å². The molecular formula is C19H15ClF3N7O2S. The summed E-state index contributed by atoms with van der Waals surface area (Å²) in [6.45, 7) is 1.43. The smallest absolute Gasteiger partial charge is 0.365 e. The molecule has 0 saturated heterocycles. The molecular weight excluding hydrogens is 483 g/mol. The van der Waals surface area contributed by atoms with E-state index in [9.17, 15) is 22.8 Å². The number of carbonyl (C=O) groups is 2. The lowest BCUT2D eigenvalue weighted by Crippen LogP contribution is -2.21. The molecule has 0 aromatic carbocycles. The predicted molar refractivity (Wildman–Crippen MR) is 116 cm³/mol. The molecule has 0 aliphatic rings. The highest BCUT2D eigenvalue weighted by Crippen LogP contribution is 2.44. The van der Waals surface area contributed by atoms with E-state index < -0.39 is 23.7 Å². The highest BCUT2D eigenvalue weighted by Gasteiger charge is 2.35. The predicted octanol–water partition coefficient (Wildman–Crippen LogP) is 3.61. The largest absolute Gasteiger partial charge is 0.433 e. The first-order valence-electron chi connectivity index (χ1n) is 9.27. The Morgan fingerprint density at radius 1 is 1.24 bits per heavy atom. The van der Waals surface area contributed by atoms with Gasteiger partial charge in [-0.2, -0.15) is 23.4 Å². The van der Waals surface area contributed by atoms with Crippen LogP contribution in [0.15, 0.2) is 24.7 Å². The Bertz CT molecular complexity index is 1410. The van der Waals surface area contributed by atoms with E-state index in [1.54, 1.807) is 14.0 Å². The van der Waals surface area contributed by atoms with Gasteiger partial charge in [0.2, 0.25) is 5.91 Å². The zero-order chi connectivity index (χ0) is 24.1. The van der Waals surface area contributed by atoms with Crippen molar-refractivity contribution in [3.8, 4) is 11.1 Å². The van der Waals surface area contributed by atoms with E-state index in [1.165, 1.54) is 28.0 Å².